The first-order valence-electron chi connectivity index (χ1n) is 22.6. The molecule has 0 fully saturated rings. The zero-order valence-electron chi connectivity index (χ0n) is 36.2. The van der Waals surface area contributed by atoms with Crippen LogP contribution >= 0.6 is 0 Å². The highest BCUT2D eigenvalue weighted by Crippen LogP contribution is 2.58. The van der Waals surface area contributed by atoms with Crippen molar-refractivity contribution in [3.8, 4) is 55.6 Å². The smallest absolute Gasteiger partial charge is 0.0543 e. The Bertz CT molecular complexity index is 3540. The third-order valence-electron chi connectivity index (χ3n) is 13.8. The Balaban J connectivity index is 1.05. The van der Waals surface area contributed by atoms with Crippen molar-refractivity contribution in [1.82, 2.24) is 0 Å². The highest BCUT2D eigenvalue weighted by molar-refractivity contribution is 6.02. The predicted molar refractivity (Wildman–Crippen MR) is 275 cm³/mol. The lowest BCUT2D eigenvalue weighted by Crippen LogP contribution is -2.22. The topological polar surface area (TPSA) is 3.24 Å². The van der Waals surface area contributed by atoms with Crippen LogP contribution in [0.2, 0.25) is 0 Å². The van der Waals surface area contributed by atoms with Gasteiger partial charge in [0.05, 0.1) is 17.1 Å². The van der Waals surface area contributed by atoms with Crippen LogP contribution in [0.15, 0.2) is 255 Å². The fourth-order valence-corrected chi connectivity index (χ4v) is 10.5. The molecule has 1 heteroatoms. The summed E-state index contributed by atoms with van der Waals surface area (Å²) in [5, 5.41) is 5.01. The van der Waals surface area contributed by atoms with Gasteiger partial charge in [-0.3, -0.25) is 0 Å². The summed E-state index contributed by atoms with van der Waals surface area (Å²) in [6.45, 7) is 2.40. The SMILES string of the molecule is CC1(c2ccccc2)c2ccccc2-c2c(N(c3ccccc3-c3ccc(-c4ccc5ccccc5c4)cc3)c3ccccc3-c3ccc(-c4cccc5ccccc45)cc3)cccc21. The largest absolute Gasteiger partial charge is 0.309 e. The second-order valence-electron chi connectivity index (χ2n) is 17.3. The maximum atomic E-state index is 2.53. The maximum absolute atomic E-state index is 2.53. The van der Waals surface area contributed by atoms with Gasteiger partial charge in [0.25, 0.3) is 0 Å². The molecule has 0 amide bonds. The van der Waals surface area contributed by atoms with Gasteiger partial charge in [-0.15, -0.1) is 0 Å². The van der Waals surface area contributed by atoms with Crippen LogP contribution in [-0.2, 0) is 5.41 Å². The third kappa shape index (κ3) is 6.47. The van der Waals surface area contributed by atoms with Crippen molar-refractivity contribution < 1.29 is 0 Å². The molecular weight excluding hydrogens is 783 g/mol. The molecule has 0 aromatic heterocycles. The Morgan fingerprint density at radius 2 is 0.754 bits per heavy atom. The lowest BCUT2D eigenvalue weighted by atomic mass is 9.74. The van der Waals surface area contributed by atoms with Gasteiger partial charge in [-0.25, -0.2) is 0 Å². The molecule has 1 aliphatic rings. The first kappa shape index (κ1) is 38.4. The molecule has 11 aromatic rings. The molecule has 0 aliphatic heterocycles. The van der Waals surface area contributed by atoms with Gasteiger partial charge in [0.1, 0.15) is 0 Å². The molecule has 0 spiro atoms. The lowest BCUT2D eigenvalue weighted by Gasteiger charge is -2.32. The Kier molecular flexibility index (Phi) is 9.35. The van der Waals surface area contributed by atoms with Gasteiger partial charge in [0.15, 0.2) is 0 Å². The molecule has 1 unspecified atom stereocenters. The van der Waals surface area contributed by atoms with Crippen LogP contribution < -0.4 is 4.90 Å². The van der Waals surface area contributed by atoms with Gasteiger partial charge in [-0.05, 0) is 108 Å². The van der Waals surface area contributed by atoms with Crippen molar-refractivity contribution in [3.63, 3.8) is 0 Å². The average molecular weight is 828 g/mol. The van der Waals surface area contributed by atoms with E-state index in [2.05, 4.69) is 267 Å². The van der Waals surface area contributed by atoms with E-state index in [-0.39, 0.29) is 5.41 Å². The quantitative estimate of drug-likeness (QED) is 0.147. The van der Waals surface area contributed by atoms with Crippen molar-refractivity contribution >= 4 is 38.6 Å². The van der Waals surface area contributed by atoms with Gasteiger partial charge in [0, 0.05) is 22.1 Å². The highest BCUT2D eigenvalue weighted by atomic mass is 15.2. The van der Waals surface area contributed by atoms with E-state index in [0.717, 1.165) is 39.3 Å². The predicted octanol–water partition coefficient (Wildman–Crippen LogP) is 17.5. The number of rotatable bonds is 8. The van der Waals surface area contributed by atoms with Gasteiger partial charge in [-0.2, -0.15) is 0 Å². The normalized spacial score (nSPS) is 14.0. The van der Waals surface area contributed by atoms with E-state index in [1.54, 1.807) is 0 Å². The van der Waals surface area contributed by atoms with Crippen molar-refractivity contribution in [2.45, 2.75) is 12.3 Å². The monoisotopic (exact) mass is 827 g/mol. The van der Waals surface area contributed by atoms with Gasteiger partial charge >= 0.3 is 0 Å². The molecule has 0 saturated carbocycles. The summed E-state index contributed by atoms with van der Waals surface area (Å²) in [7, 11) is 0. The number of para-hydroxylation sites is 2. The molecule has 1 atom stereocenters. The summed E-state index contributed by atoms with van der Waals surface area (Å²) in [6.07, 6.45) is 0. The number of anilines is 3. The van der Waals surface area contributed by atoms with Crippen molar-refractivity contribution in [2.24, 2.45) is 0 Å². The summed E-state index contributed by atoms with van der Waals surface area (Å²) in [6, 6.07) is 93.7. The molecule has 11 aromatic carbocycles. The zero-order chi connectivity index (χ0) is 43.3. The molecule has 1 nitrogen and oxygen atoms in total. The second-order valence-corrected chi connectivity index (χ2v) is 17.3. The van der Waals surface area contributed by atoms with Crippen molar-refractivity contribution in [1.29, 1.82) is 0 Å². The number of nitrogens with zero attached hydrogens (tertiary/aromatic N) is 1. The fraction of sp³-hybridized carbons (Fsp3) is 0.0312. The van der Waals surface area contributed by atoms with E-state index in [1.165, 1.54) is 71.6 Å². The summed E-state index contributed by atoms with van der Waals surface area (Å²) < 4.78 is 0. The Morgan fingerprint density at radius 3 is 1.46 bits per heavy atom. The summed E-state index contributed by atoms with van der Waals surface area (Å²) in [5.41, 5.74) is 19.0. The minimum Gasteiger partial charge on any atom is -0.309 e. The van der Waals surface area contributed by atoms with Gasteiger partial charge in [-0.1, -0.05) is 231 Å². The first-order chi connectivity index (χ1) is 32.1. The van der Waals surface area contributed by atoms with Crippen LogP contribution in [0.25, 0.3) is 77.2 Å². The van der Waals surface area contributed by atoms with Crippen LogP contribution in [0.5, 0.6) is 0 Å². The Hall–Kier alpha value is -8.26. The summed E-state index contributed by atoms with van der Waals surface area (Å²) >= 11 is 0. The number of hydrogen-bond donors (Lipinski definition) is 0. The van der Waals surface area contributed by atoms with Crippen LogP contribution in [0.4, 0.5) is 17.1 Å². The second kappa shape index (κ2) is 15.8. The average Bonchev–Trinajstić information content (AvgIpc) is 3.65. The standard InChI is InChI=1S/C64H45N/c1-64(52-21-3-2-4-22-52)58-28-12-9-26-57(58)63-59(64)29-16-32-62(63)65(60-30-13-10-24-55(60)48-36-33-45(34-37-48)51-42-35-44-17-5-6-19-50(44)43-51)61-31-14-11-25-56(61)49-40-38-47(39-41-49)54-27-15-20-46-18-7-8-23-53(46)54/h2-43H,1H3. The van der Waals surface area contributed by atoms with E-state index in [0.29, 0.717) is 0 Å². The number of fused-ring (bicyclic) bond motifs is 5. The molecule has 12 rings (SSSR count). The Labute approximate surface area is 381 Å². The molecule has 306 valence electrons. The first-order valence-corrected chi connectivity index (χ1v) is 22.6. The minimum atomic E-state index is -0.343. The maximum Gasteiger partial charge on any atom is 0.0543 e. The van der Waals surface area contributed by atoms with Crippen LogP contribution in [0.3, 0.4) is 0 Å². The molecule has 0 radical (unpaired) electrons. The van der Waals surface area contributed by atoms with Gasteiger partial charge in [0.2, 0.25) is 0 Å². The lowest BCUT2D eigenvalue weighted by molar-refractivity contribution is 0.714. The molecule has 65 heavy (non-hydrogen) atoms. The van der Waals surface area contributed by atoms with Crippen LogP contribution in [0, 0.1) is 0 Å². The van der Waals surface area contributed by atoms with Crippen molar-refractivity contribution in [3.05, 3.63) is 271 Å². The molecule has 0 bridgehead atoms. The number of hydrogen-bond acceptors (Lipinski definition) is 1. The van der Waals surface area contributed by atoms with E-state index in [1.807, 2.05) is 0 Å². The highest BCUT2D eigenvalue weighted by Gasteiger charge is 2.42. The van der Waals surface area contributed by atoms with Crippen LogP contribution in [0.1, 0.15) is 23.6 Å². The van der Waals surface area contributed by atoms with E-state index in [4.69, 9.17) is 0 Å². The summed E-state index contributed by atoms with van der Waals surface area (Å²) in [5.74, 6) is 0. The van der Waals surface area contributed by atoms with E-state index >= 15 is 0 Å². The fourth-order valence-electron chi connectivity index (χ4n) is 10.5. The van der Waals surface area contributed by atoms with Crippen molar-refractivity contribution in [2.75, 3.05) is 4.90 Å². The van der Waals surface area contributed by atoms with E-state index in [9.17, 15) is 0 Å². The third-order valence-corrected chi connectivity index (χ3v) is 13.8. The molecule has 0 saturated heterocycles. The Morgan fingerprint density at radius 1 is 0.292 bits per heavy atom. The molecule has 1 aliphatic carbocycles. The summed E-state index contributed by atoms with van der Waals surface area (Å²) in [4.78, 5) is 2.53. The minimum absolute atomic E-state index is 0.343. The van der Waals surface area contributed by atoms with Gasteiger partial charge < -0.3 is 4.90 Å². The number of benzene rings is 11. The zero-order valence-corrected chi connectivity index (χ0v) is 36.2. The van der Waals surface area contributed by atoms with E-state index < -0.39 is 0 Å². The molecule has 0 heterocycles. The molecular formula is C64H45N. The van der Waals surface area contributed by atoms with Crippen LogP contribution in [-0.4, -0.2) is 0 Å². The molecule has 0 N–H and O–H groups in total.